The Morgan fingerprint density at radius 3 is 2.23 bits per heavy atom. The van der Waals surface area contributed by atoms with Gasteiger partial charge in [-0.05, 0) is 74.2 Å². The summed E-state index contributed by atoms with van der Waals surface area (Å²) >= 11 is 0. The van der Waals surface area contributed by atoms with Crippen LogP contribution in [-0.2, 0) is 4.74 Å². The van der Waals surface area contributed by atoms with Gasteiger partial charge < -0.3 is 25.4 Å². The fourth-order valence-electron chi connectivity index (χ4n) is 3.41. The number of ether oxygens (including phenoxy) is 2. The van der Waals surface area contributed by atoms with Gasteiger partial charge >= 0.3 is 6.16 Å². The quantitative estimate of drug-likeness (QED) is 0.418. The first-order chi connectivity index (χ1) is 15.0. The van der Waals surface area contributed by atoms with Crippen LogP contribution in [0.4, 0.5) is 10.5 Å². The fourth-order valence-corrected chi connectivity index (χ4v) is 3.41. The summed E-state index contributed by atoms with van der Waals surface area (Å²) in [5, 5.41) is 2.94. The summed E-state index contributed by atoms with van der Waals surface area (Å²) in [6, 6.07) is 13.2. The average Bonchev–Trinajstić information content (AvgIpc) is 2.78. The largest absolute Gasteiger partial charge is 0.513 e. The van der Waals surface area contributed by atoms with Crippen molar-refractivity contribution in [2.75, 3.05) is 32.0 Å². The topological polar surface area (TPSA) is 111 Å². The predicted octanol–water partition coefficient (Wildman–Crippen LogP) is 3.09. The van der Waals surface area contributed by atoms with Crippen LogP contribution in [0.3, 0.4) is 0 Å². The second kappa shape index (κ2) is 10.5. The van der Waals surface area contributed by atoms with Crippen LogP contribution in [0, 0.1) is 5.92 Å². The average molecular weight is 425 g/mol. The number of carbonyl (C=O) groups excluding carboxylic acids is 3. The summed E-state index contributed by atoms with van der Waals surface area (Å²) in [6.45, 7) is 3.78. The van der Waals surface area contributed by atoms with Crippen LogP contribution in [0.2, 0.25) is 0 Å². The summed E-state index contributed by atoms with van der Waals surface area (Å²) in [5.41, 5.74) is 7.42. The van der Waals surface area contributed by atoms with Crippen molar-refractivity contribution in [1.29, 1.82) is 0 Å². The number of nitrogens with zero attached hydrogens (tertiary/aromatic N) is 1. The molecule has 2 amide bonds. The number of anilines is 1. The Balaban J connectivity index is 1.43. The zero-order chi connectivity index (χ0) is 22.2. The van der Waals surface area contributed by atoms with Crippen LogP contribution in [0.25, 0.3) is 0 Å². The molecule has 2 aromatic rings. The number of piperidine rings is 1. The minimum absolute atomic E-state index is 0.00705. The zero-order valence-electron chi connectivity index (χ0n) is 17.5. The molecule has 8 nitrogen and oxygen atoms in total. The maximum atomic E-state index is 12.6. The summed E-state index contributed by atoms with van der Waals surface area (Å²) in [5.74, 6) is 0.439. The molecule has 1 saturated heterocycles. The number of benzene rings is 2. The van der Waals surface area contributed by atoms with Gasteiger partial charge in [-0.1, -0.05) is 0 Å². The van der Waals surface area contributed by atoms with Crippen molar-refractivity contribution < 1.29 is 23.9 Å². The second-order valence-corrected chi connectivity index (χ2v) is 7.38. The number of hydrogen-bond acceptors (Lipinski definition) is 6. The Kier molecular flexibility index (Phi) is 7.48. The molecule has 164 valence electrons. The monoisotopic (exact) mass is 425 g/mol. The van der Waals surface area contributed by atoms with Crippen LogP contribution >= 0.6 is 0 Å². The van der Waals surface area contributed by atoms with Gasteiger partial charge in [-0.15, -0.1) is 0 Å². The van der Waals surface area contributed by atoms with Crippen LogP contribution < -0.4 is 15.8 Å². The molecular weight excluding hydrogens is 398 g/mol. The predicted molar refractivity (Wildman–Crippen MR) is 116 cm³/mol. The Labute approximate surface area is 181 Å². The van der Waals surface area contributed by atoms with Crippen molar-refractivity contribution in [3.05, 3.63) is 59.7 Å². The number of nitrogens with one attached hydrogen (secondary N) is 1. The summed E-state index contributed by atoms with van der Waals surface area (Å²) in [7, 11) is 0. The first-order valence-electron chi connectivity index (χ1n) is 10.3. The minimum atomic E-state index is -0.777. The molecular formula is C23H27N3O5. The van der Waals surface area contributed by atoms with Crippen LogP contribution in [0.5, 0.6) is 5.75 Å². The highest BCUT2D eigenvalue weighted by molar-refractivity contribution is 5.95. The molecule has 1 fully saturated rings. The maximum absolute atomic E-state index is 12.6. The highest BCUT2D eigenvalue weighted by Crippen LogP contribution is 2.19. The number of carbonyl (C=O) groups is 3. The highest BCUT2D eigenvalue weighted by atomic mass is 16.7. The van der Waals surface area contributed by atoms with E-state index in [9.17, 15) is 14.4 Å². The molecule has 1 aliphatic rings. The second-order valence-electron chi connectivity index (χ2n) is 7.38. The Bertz CT molecular complexity index is 904. The molecule has 0 spiro atoms. The number of nitrogens with two attached hydrogens (primary N) is 1. The van der Waals surface area contributed by atoms with Crippen molar-refractivity contribution >= 4 is 23.7 Å². The van der Waals surface area contributed by atoms with E-state index < -0.39 is 6.16 Å². The third-order valence-electron chi connectivity index (χ3n) is 5.19. The Morgan fingerprint density at radius 2 is 1.61 bits per heavy atom. The van der Waals surface area contributed by atoms with Gasteiger partial charge in [0.05, 0.1) is 6.61 Å². The highest BCUT2D eigenvalue weighted by Gasteiger charge is 2.24. The van der Waals surface area contributed by atoms with Crippen molar-refractivity contribution in [3.8, 4) is 5.75 Å². The van der Waals surface area contributed by atoms with E-state index in [1.54, 1.807) is 55.5 Å². The molecule has 0 atom stereocenters. The van der Waals surface area contributed by atoms with Gasteiger partial charge in [0.2, 0.25) is 0 Å². The lowest BCUT2D eigenvalue weighted by Gasteiger charge is -2.32. The van der Waals surface area contributed by atoms with Crippen LogP contribution in [0.15, 0.2) is 48.5 Å². The van der Waals surface area contributed by atoms with E-state index in [1.807, 2.05) is 4.90 Å². The van der Waals surface area contributed by atoms with E-state index in [2.05, 4.69) is 5.32 Å². The SMILES string of the molecule is CCOC(=O)Oc1ccc(C(=O)NCC2CCN(C(=O)c3ccc(N)cc3)CC2)cc1. The molecule has 0 unspecified atom stereocenters. The maximum Gasteiger partial charge on any atom is 0.513 e. The Morgan fingerprint density at radius 1 is 1.00 bits per heavy atom. The molecule has 3 N–H and O–H groups in total. The number of likely N-dealkylation sites (tertiary alicyclic amines) is 1. The van der Waals surface area contributed by atoms with Crippen molar-refractivity contribution in [2.24, 2.45) is 5.92 Å². The van der Waals surface area contributed by atoms with E-state index in [0.29, 0.717) is 48.1 Å². The molecule has 1 aliphatic heterocycles. The van der Waals surface area contributed by atoms with Gasteiger partial charge in [0, 0.05) is 36.4 Å². The Hall–Kier alpha value is -3.55. The molecule has 0 aromatic heterocycles. The lowest BCUT2D eigenvalue weighted by Crippen LogP contribution is -2.41. The van der Waals surface area contributed by atoms with E-state index in [0.717, 1.165) is 12.8 Å². The number of amides is 2. The first kappa shape index (κ1) is 22.1. The molecule has 0 saturated carbocycles. The van der Waals surface area contributed by atoms with Gasteiger partial charge in [-0.3, -0.25) is 9.59 Å². The third kappa shape index (κ3) is 6.21. The molecule has 3 rings (SSSR count). The van der Waals surface area contributed by atoms with E-state index in [4.69, 9.17) is 15.2 Å². The van der Waals surface area contributed by atoms with Gasteiger partial charge in [0.1, 0.15) is 5.75 Å². The molecule has 0 radical (unpaired) electrons. The molecule has 0 aliphatic carbocycles. The van der Waals surface area contributed by atoms with Crippen molar-refractivity contribution in [3.63, 3.8) is 0 Å². The molecule has 2 aromatic carbocycles. The lowest BCUT2D eigenvalue weighted by atomic mass is 9.96. The zero-order valence-corrected chi connectivity index (χ0v) is 17.5. The minimum Gasteiger partial charge on any atom is -0.434 e. The number of rotatable bonds is 6. The molecule has 31 heavy (non-hydrogen) atoms. The van der Waals surface area contributed by atoms with E-state index in [-0.39, 0.29) is 18.4 Å². The van der Waals surface area contributed by atoms with Gasteiger partial charge in [-0.2, -0.15) is 0 Å². The smallest absolute Gasteiger partial charge is 0.434 e. The van der Waals surface area contributed by atoms with E-state index >= 15 is 0 Å². The van der Waals surface area contributed by atoms with Crippen LogP contribution in [-0.4, -0.2) is 49.1 Å². The molecule has 8 heteroatoms. The third-order valence-corrected chi connectivity index (χ3v) is 5.19. The summed E-state index contributed by atoms with van der Waals surface area (Å²) in [6.07, 6.45) is 0.876. The first-order valence-corrected chi connectivity index (χ1v) is 10.3. The van der Waals surface area contributed by atoms with Crippen LogP contribution in [0.1, 0.15) is 40.5 Å². The van der Waals surface area contributed by atoms with Gasteiger partial charge in [0.15, 0.2) is 0 Å². The lowest BCUT2D eigenvalue weighted by molar-refractivity contribution is 0.0684. The van der Waals surface area contributed by atoms with Crippen molar-refractivity contribution in [2.45, 2.75) is 19.8 Å². The standard InChI is InChI=1S/C23H27N3O5/c1-2-30-23(29)31-20-9-5-17(6-10-20)21(27)25-15-16-11-13-26(14-12-16)22(28)18-3-7-19(24)8-4-18/h3-10,16H,2,11-15,24H2,1H3,(H,25,27). The normalized spacial score (nSPS) is 14.0. The van der Waals surface area contributed by atoms with Crippen molar-refractivity contribution in [1.82, 2.24) is 10.2 Å². The summed E-state index contributed by atoms with van der Waals surface area (Å²) in [4.78, 5) is 38.1. The molecule has 0 bridgehead atoms. The van der Waals surface area contributed by atoms with Gasteiger partial charge in [0.25, 0.3) is 11.8 Å². The molecule has 1 heterocycles. The van der Waals surface area contributed by atoms with Gasteiger partial charge in [-0.25, -0.2) is 4.79 Å². The number of nitrogen functional groups attached to an aromatic ring is 1. The van der Waals surface area contributed by atoms with E-state index in [1.165, 1.54) is 0 Å². The summed E-state index contributed by atoms with van der Waals surface area (Å²) < 4.78 is 9.69. The fraction of sp³-hybridized carbons (Fsp3) is 0.348. The number of hydrogen-bond donors (Lipinski definition) is 2.